The van der Waals surface area contributed by atoms with Gasteiger partial charge >= 0.3 is 12.0 Å². The SMILES string of the molecule is COC(=O)c1cc(NC(=O)N2CCC(CCO)CC2)ccc1OC(c1ccccc1)c1ccccc1. The van der Waals surface area contributed by atoms with E-state index < -0.39 is 12.1 Å². The molecule has 1 fully saturated rings. The zero-order chi connectivity index (χ0) is 25.3. The third-order valence-corrected chi connectivity index (χ3v) is 6.52. The van der Waals surface area contributed by atoms with Gasteiger partial charge in [0, 0.05) is 25.4 Å². The fraction of sp³-hybridized carbons (Fsp3) is 0.310. The van der Waals surface area contributed by atoms with Gasteiger partial charge in [-0.25, -0.2) is 9.59 Å². The van der Waals surface area contributed by atoms with E-state index in [0.717, 1.165) is 30.4 Å². The highest BCUT2D eigenvalue weighted by molar-refractivity contribution is 5.96. The molecule has 0 aromatic heterocycles. The minimum absolute atomic E-state index is 0.178. The molecule has 2 amide bonds. The van der Waals surface area contributed by atoms with Gasteiger partial charge in [0.2, 0.25) is 0 Å². The number of nitrogens with one attached hydrogen (secondary N) is 1. The van der Waals surface area contributed by atoms with Gasteiger partial charge in [0.15, 0.2) is 0 Å². The number of likely N-dealkylation sites (tertiary alicyclic amines) is 1. The summed E-state index contributed by atoms with van der Waals surface area (Å²) in [6.07, 6.45) is 2.08. The maximum atomic E-state index is 12.8. The Kier molecular flexibility index (Phi) is 8.57. The van der Waals surface area contributed by atoms with Gasteiger partial charge in [-0.05, 0) is 54.5 Å². The van der Waals surface area contributed by atoms with Gasteiger partial charge in [-0.2, -0.15) is 0 Å². The zero-order valence-corrected chi connectivity index (χ0v) is 20.4. The lowest BCUT2D eigenvalue weighted by Crippen LogP contribution is -2.41. The first-order chi connectivity index (χ1) is 17.6. The van der Waals surface area contributed by atoms with Crippen LogP contribution in [0.4, 0.5) is 10.5 Å². The van der Waals surface area contributed by atoms with Crippen LogP contribution in [0.5, 0.6) is 5.75 Å². The van der Waals surface area contributed by atoms with E-state index in [1.54, 1.807) is 23.1 Å². The first kappa shape index (κ1) is 25.3. The van der Waals surface area contributed by atoms with Crippen molar-refractivity contribution in [2.75, 3.05) is 32.1 Å². The molecule has 0 bridgehead atoms. The Balaban J connectivity index is 1.55. The summed E-state index contributed by atoms with van der Waals surface area (Å²) < 4.78 is 11.4. The molecule has 3 aromatic carbocycles. The van der Waals surface area contributed by atoms with Crippen LogP contribution >= 0.6 is 0 Å². The van der Waals surface area contributed by atoms with Gasteiger partial charge in [-0.3, -0.25) is 0 Å². The number of methoxy groups -OCH3 is 1. The highest BCUT2D eigenvalue weighted by Gasteiger charge is 2.24. The molecule has 0 aliphatic carbocycles. The molecule has 1 saturated heterocycles. The third-order valence-electron chi connectivity index (χ3n) is 6.52. The fourth-order valence-corrected chi connectivity index (χ4v) is 4.50. The Bertz CT molecular complexity index is 1110. The summed E-state index contributed by atoms with van der Waals surface area (Å²) in [6, 6.07) is 24.4. The summed E-state index contributed by atoms with van der Waals surface area (Å²) in [5, 5.41) is 12.0. The first-order valence-electron chi connectivity index (χ1n) is 12.2. The lowest BCUT2D eigenvalue weighted by Gasteiger charge is -2.31. The molecule has 0 saturated carbocycles. The van der Waals surface area contributed by atoms with Gasteiger partial charge < -0.3 is 24.8 Å². The summed E-state index contributed by atoms with van der Waals surface area (Å²) in [5.74, 6) is 0.261. The van der Waals surface area contributed by atoms with E-state index in [4.69, 9.17) is 14.6 Å². The Hall–Kier alpha value is -3.84. The number of nitrogens with zero attached hydrogens (tertiary/aromatic N) is 1. The summed E-state index contributed by atoms with van der Waals surface area (Å²) in [7, 11) is 1.32. The van der Waals surface area contributed by atoms with E-state index in [1.807, 2.05) is 60.7 Å². The Labute approximate surface area is 211 Å². The molecule has 7 heteroatoms. The predicted molar refractivity (Wildman–Crippen MR) is 138 cm³/mol. The molecule has 4 rings (SSSR count). The Morgan fingerprint density at radius 3 is 2.14 bits per heavy atom. The fourth-order valence-electron chi connectivity index (χ4n) is 4.50. The van der Waals surface area contributed by atoms with Crippen LogP contribution in [0.1, 0.15) is 46.9 Å². The molecule has 0 atom stereocenters. The number of aliphatic hydroxyl groups is 1. The van der Waals surface area contributed by atoms with Crippen LogP contribution in [0.2, 0.25) is 0 Å². The van der Waals surface area contributed by atoms with E-state index >= 15 is 0 Å². The lowest BCUT2D eigenvalue weighted by atomic mass is 9.94. The number of anilines is 1. The number of hydrogen-bond donors (Lipinski definition) is 2. The van der Waals surface area contributed by atoms with Gasteiger partial charge in [0.05, 0.1) is 7.11 Å². The largest absolute Gasteiger partial charge is 0.480 e. The maximum absolute atomic E-state index is 12.8. The highest BCUT2D eigenvalue weighted by atomic mass is 16.5. The quantitative estimate of drug-likeness (QED) is 0.422. The average Bonchev–Trinajstić information content (AvgIpc) is 2.93. The molecule has 1 aliphatic rings. The number of ether oxygens (including phenoxy) is 2. The van der Waals surface area contributed by atoms with Crippen molar-refractivity contribution in [1.82, 2.24) is 4.90 Å². The zero-order valence-electron chi connectivity index (χ0n) is 20.4. The van der Waals surface area contributed by atoms with Crippen LogP contribution in [-0.4, -0.2) is 48.8 Å². The predicted octanol–water partition coefficient (Wildman–Crippen LogP) is 5.27. The molecular weight excluding hydrogens is 456 g/mol. The molecule has 0 radical (unpaired) electrons. The Morgan fingerprint density at radius 2 is 1.58 bits per heavy atom. The van der Waals surface area contributed by atoms with Crippen LogP contribution in [0.25, 0.3) is 0 Å². The highest BCUT2D eigenvalue weighted by Crippen LogP contribution is 2.32. The first-order valence-corrected chi connectivity index (χ1v) is 12.2. The average molecular weight is 489 g/mol. The van der Waals surface area contributed by atoms with Crippen molar-refractivity contribution >= 4 is 17.7 Å². The molecule has 188 valence electrons. The van der Waals surface area contributed by atoms with E-state index in [2.05, 4.69) is 5.32 Å². The lowest BCUT2D eigenvalue weighted by molar-refractivity contribution is 0.0594. The van der Waals surface area contributed by atoms with Crippen molar-refractivity contribution in [1.29, 1.82) is 0 Å². The maximum Gasteiger partial charge on any atom is 0.341 e. The summed E-state index contributed by atoms with van der Waals surface area (Å²) >= 11 is 0. The summed E-state index contributed by atoms with van der Waals surface area (Å²) in [4.78, 5) is 27.3. The second kappa shape index (κ2) is 12.2. The van der Waals surface area contributed by atoms with Gasteiger partial charge in [-0.1, -0.05) is 60.7 Å². The minimum Gasteiger partial charge on any atom is -0.480 e. The third kappa shape index (κ3) is 6.23. The van der Waals surface area contributed by atoms with Gasteiger partial charge in [0.1, 0.15) is 17.4 Å². The molecule has 2 N–H and O–H groups in total. The van der Waals surface area contributed by atoms with Crippen molar-refractivity contribution in [3.8, 4) is 5.75 Å². The van der Waals surface area contributed by atoms with Crippen molar-refractivity contribution in [3.63, 3.8) is 0 Å². The van der Waals surface area contributed by atoms with Crippen LogP contribution in [0.15, 0.2) is 78.9 Å². The molecule has 7 nitrogen and oxygen atoms in total. The van der Waals surface area contributed by atoms with Crippen LogP contribution in [0, 0.1) is 5.92 Å². The van der Waals surface area contributed by atoms with Crippen molar-refractivity contribution < 1.29 is 24.2 Å². The monoisotopic (exact) mass is 488 g/mol. The second-order valence-electron chi connectivity index (χ2n) is 8.89. The molecule has 1 heterocycles. The van der Waals surface area contributed by atoms with E-state index in [-0.39, 0.29) is 18.2 Å². The Morgan fingerprint density at radius 1 is 0.972 bits per heavy atom. The molecular formula is C29H32N2O5. The number of esters is 1. The van der Waals surface area contributed by atoms with Crippen LogP contribution in [-0.2, 0) is 4.74 Å². The molecule has 0 unspecified atom stereocenters. The summed E-state index contributed by atoms with van der Waals surface area (Å²) in [5.41, 5.74) is 2.61. The molecule has 3 aromatic rings. The smallest absolute Gasteiger partial charge is 0.341 e. The number of carbonyl (C=O) groups excluding carboxylic acids is 2. The molecule has 0 spiro atoms. The molecule has 36 heavy (non-hydrogen) atoms. The van der Waals surface area contributed by atoms with Crippen molar-refractivity contribution in [2.45, 2.75) is 25.4 Å². The number of hydrogen-bond acceptors (Lipinski definition) is 5. The number of piperidine rings is 1. The minimum atomic E-state index is -0.550. The van der Waals surface area contributed by atoms with Crippen molar-refractivity contribution in [3.05, 3.63) is 95.6 Å². The summed E-state index contributed by atoms with van der Waals surface area (Å²) in [6.45, 7) is 1.45. The van der Waals surface area contributed by atoms with E-state index in [9.17, 15) is 9.59 Å². The van der Waals surface area contributed by atoms with E-state index in [0.29, 0.717) is 30.4 Å². The molecule has 1 aliphatic heterocycles. The van der Waals surface area contributed by atoms with Crippen LogP contribution in [0.3, 0.4) is 0 Å². The number of carbonyl (C=O) groups is 2. The normalized spacial score (nSPS) is 13.9. The van der Waals surface area contributed by atoms with Crippen LogP contribution < -0.4 is 10.1 Å². The van der Waals surface area contributed by atoms with Crippen molar-refractivity contribution in [2.24, 2.45) is 5.92 Å². The number of rotatable bonds is 8. The van der Waals surface area contributed by atoms with Gasteiger partial charge in [-0.15, -0.1) is 0 Å². The van der Waals surface area contributed by atoms with Gasteiger partial charge in [0.25, 0.3) is 0 Å². The number of urea groups is 1. The standard InChI is InChI=1S/C29H32N2O5/c1-35-28(33)25-20-24(30-29(34)31-17-14-21(15-18-31)16-19-32)12-13-26(25)36-27(22-8-4-2-5-9-22)23-10-6-3-7-11-23/h2-13,20-21,27,32H,14-19H2,1H3,(H,30,34). The van der Waals surface area contributed by atoms with E-state index in [1.165, 1.54) is 7.11 Å². The topological polar surface area (TPSA) is 88.1 Å². The number of benzene rings is 3. The number of aliphatic hydroxyl groups excluding tert-OH is 1. The second-order valence-corrected chi connectivity index (χ2v) is 8.89. The number of amides is 2.